The van der Waals surface area contributed by atoms with Crippen molar-refractivity contribution in [2.45, 2.75) is 13.0 Å². The van der Waals surface area contributed by atoms with Crippen LogP contribution in [0, 0.1) is 0 Å². The zero-order chi connectivity index (χ0) is 20.0. The van der Waals surface area contributed by atoms with Gasteiger partial charge in [0.05, 0.1) is 13.2 Å². The topological polar surface area (TPSA) is 58.1 Å². The number of guanidine groups is 1. The number of aliphatic imine (C=N–C) groups is 1. The predicted octanol–water partition coefficient (Wildman–Crippen LogP) is 2.76. The van der Waals surface area contributed by atoms with Crippen LogP contribution < -0.4 is 20.1 Å². The molecule has 2 aromatic carbocycles. The minimum Gasteiger partial charge on any atom is -0.494 e. The molecule has 0 saturated heterocycles. The van der Waals surface area contributed by atoms with E-state index in [0.717, 1.165) is 37.0 Å². The van der Waals surface area contributed by atoms with Crippen molar-refractivity contribution in [2.24, 2.45) is 4.99 Å². The molecule has 0 saturated carbocycles. The lowest BCUT2D eigenvalue weighted by atomic mass is 10.2. The maximum absolute atomic E-state index is 5.76. The monoisotopic (exact) mass is 384 g/mol. The standard InChI is InChI=1S/C22H32N4O2/c1-23-22(24-14-17-28-20-8-5-4-6-9-20)25-18-19-10-12-21(13-11-19)27-16-7-15-26(2)3/h4-6,8-13H,7,14-18H2,1-3H3,(H2,23,24,25). The van der Waals surface area contributed by atoms with Crippen LogP contribution in [0.25, 0.3) is 0 Å². The molecule has 2 N–H and O–H groups in total. The van der Waals surface area contributed by atoms with Crippen LogP contribution in [0.4, 0.5) is 0 Å². The Morgan fingerprint density at radius 1 is 0.893 bits per heavy atom. The maximum Gasteiger partial charge on any atom is 0.191 e. The van der Waals surface area contributed by atoms with Crippen molar-refractivity contribution in [3.8, 4) is 11.5 Å². The van der Waals surface area contributed by atoms with Gasteiger partial charge < -0.3 is 25.0 Å². The van der Waals surface area contributed by atoms with Crippen LogP contribution in [-0.4, -0.2) is 58.3 Å². The first-order valence-corrected chi connectivity index (χ1v) is 9.66. The molecule has 0 aromatic heterocycles. The normalized spacial score (nSPS) is 11.4. The molecule has 0 heterocycles. The van der Waals surface area contributed by atoms with Gasteiger partial charge in [0.15, 0.2) is 5.96 Å². The Morgan fingerprint density at radius 2 is 1.57 bits per heavy atom. The van der Waals surface area contributed by atoms with Crippen molar-refractivity contribution >= 4 is 5.96 Å². The van der Waals surface area contributed by atoms with Crippen molar-refractivity contribution < 1.29 is 9.47 Å². The Bertz CT molecular complexity index is 687. The van der Waals surface area contributed by atoms with Crippen molar-refractivity contribution in [1.82, 2.24) is 15.5 Å². The van der Waals surface area contributed by atoms with E-state index in [2.05, 4.69) is 46.8 Å². The Labute approximate surface area is 168 Å². The summed E-state index contributed by atoms with van der Waals surface area (Å²) in [7, 11) is 5.90. The van der Waals surface area contributed by atoms with Crippen LogP contribution in [0.5, 0.6) is 11.5 Å². The van der Waals surface area contributed by atoms with Crippen LogP contribution in [-0.2, 0) is 6.54 Å². The fourth-order valence-electron chi connectivity index (χ4n) is 2.54. The lowest BCUT2D eigenvalue weighted by molar-refractivity contribution is 0.281. The van der Waals surface area contributed by atoms with Crippen LogP contribution >= 0.6 is 0 Å². The van der Waals surface area contributed by atoms with E-state index >= 15 is 0 Å². The molecule has 0 aliphatic heterocycles. The van der Waals surface area contributed by atoms with Gasteiger partial charge in [0.25, 0.3) is 0 Å². The van der Waals surface area contributed by atoms with Crippen LogP contribution in [0.2, 0.25) is 0 Å². The summed E-state index contributed by atoms with van der Waals surface area (Å²) in [5.74, 6) is 2.53. The van der Waals surface area contributed by atoms with E-state index in [1.54, 1.807) is 7.05 Å². The highest BCUT2D eigenvalue weighted by molar-refractivity contribution is 5.79. The number of rotatable bonds is 11. The zero-order valence-electron chi connectivity index (χ0n) is 17.1. The van der Waals surface area contributed by atoms with Crippen LogP contribution in [0.3, 0.4) is 0 Å². The fraction of sp³-hybridized carbons (Fsp3) is 0.409. The van der Waals surface area contributed by atoms with Gasteiger partial charge in [-0.1, -0.05) is 30.3 Å². The number of nitrogens with one attached hydrogen (secondary N) is 2. The number of benzene rings is 2. The lowest BCUT2D eigenvalue weighted by Gasteiger charge is -2.13. The van der Waals surface area contributed by atoms with Gasteiger partial charge in [-0.15, -0.1) is 0 Å². The summed E-state index contributed by atoms with van der Waals surface area (Å²) < 4.78 is 11.4. The van der Waals surface area contributed by atoms with E-state index in [1.807, 2.05) is 42.5 Å². The summed E-state index contributed by atoms with van der Waals surface area (Å²) in [5.41, 5.74) is 1.17. The third kappa shape index (κ3) is 8.77. The van der Waals surface area contributed by atoms with Crippen LogP contribution in [0.15, 0.2) is 59.6 Å². The second-order valence-electron chi connectivity index (χ2n) is 6.66. The Morgan fingerprint density at radius 3 is 2.25 bits per heavy atom. The summed E-state index contributed by atoms with van der Waals surface area (Å²) in [4.78, 5) is 6.40. The van der Waals surface area contributed by atoms with Gasteiger partial charge in [-0.05, 0) is 50.3 Å². The molecule has 0 spiro atoms. The van der Waals surface area contributed by atoms with E-state index in [-0.39, 0.29) is 0 Å². The minimum absolute atomic E-state index is 0.574. The highest BCUT2D eigenvalue weighted by Gasteiger charge is 2.00. The summed E-state index contributed by atoms with van der Waals surface area (Å²) in [5, 5.41) is 6.56. The highest BCUT2D eigenvalue weighted by atomic mass is 16.5. The second-order valence-corrected chi connectivity index (χ2v) is 6.66. The van der Waals surface area contributed by atoms with Gasteiger partial charge in [0.1, 0.15) is 18.1 Å². The van der Waals surface area contributed by atoms with E-state index in [4.69, 9.17) is 9.47 Å². The summed E-state index contributed by atoms with van der Waals surface area (Å²) in [6, 6.07) is 18.0. The van der Waals surface area contributed by atoms with Crippen molar-refractivity contribution in [3.63, 3.8) is 0 Å². The molecule has 6 heteroatoms. The molecule has 0 radical (unpaired) electrons. The Hall–Kier alpha value is -2.73. The molecular formula is C22H32N4O2. The number of nitrogens with zero attached hydrogens (tertiary/aromatic N) is 2. The smallest absolute Gasteiger partial charge is 0.191 e. The summed E-state index contributed by atoms with van der Waals surface area (Å²) >= 11 is 0. The third-order valence-electron chi connectivity index (χ3n) is 4.03. The largest absolute Gasteiger partial charge is 0.494 e. The van der Waals surface area contributed by atoms with Crippen LogP contribution in [0.1, 0.15) is 12.0 Å². The molecular weight excluding hydrogens is 352 g/mol. The summed E-state index contributed by atoms with van der Waals surface area (Å²) in [6.07, 6.45) is 1.02. The zero-order valence-corrected chi connectivity index (χ0v) is 17.1. The van der Waals surface area contributed by atoms with Gasteiger partial charge in [0, 0.05) is 20.1 Å². The van der Waals surface area contributed by atoms with E-state index < -0.39 is 0 Å². The first-order valence-electron chi connectivity index (χ1n) is 9.66. The average molecular weight is 385 g/mol. The van der Waals surface area contributed by atoms with E-state index in [9.17, 15) is 0 Å². The quantitative estimate of drug-likeness (QED) is 0.354. The molecule has 6 nitrogen and oxygen atoms in total. The molecule has 0 fully saturated rings. The van der Waals surface area contributed by atoms with Gasteiger partial charge in [-0.2, -0.15) is 0 Å². The Kier molecular flexibility index (Phi) is 9.72. The molecule has 0 unspecified atom stereocenters. The van der Waals surface area contributed by atoms with E-state index in [1.165, 1.54) is 5.56 Å². The number of hydrogen-bond acceptors (Lipinski definition) is 4. The minimum atomic E-state index is 0.574. The molecule has 152 valence electrons. The molecule has 2 rings (SSSR count). The maximum atomic E-state index is 5.76. The first-order chi connectivity index (χ1) is 13.7. The van der Waals surface area contributed by atoms with Gasteiger partial charge in [-0.25, -0.2) is 0 Å². The SMILES string of the molecule is CN=C(NCCOc1ccccc1)NCc1ccc(OCCCN(C)C)cc1. The molecule has 0 aliphatic rings. The third-order valence-corrected chi connectivity index (χ3v) is 4.03. The van der Waals surface area contributed by atoms with Gasteiger partial charge in [0.2, 0.25) is 0 Å². The number of ether oxygens (including phenoxy) is 2. The van der Waals surface area contributed by atoms with E-state index in [0.29, 0.717) is 19.7 Å². The molecule has 28 heavy (non-hydrogen) atoms. The molecule has 0 atom stereocenters. The average Bonchev–Trinajstić information content (AvgIpc) is 2.72. The number of hydrogen-bond donors (Lipinski definition) is 2. The highest BCUT2D eigenvalue weighted by Crippen LogP contribution is 2.12. The van der Waals surface area contributed by atoms with Gasteiger partial charge in [-0.3, -0.25) is 4.99 Å². The van der Waals surface area contributed by atoms with Crippen molar-refractivity contribution in [2.75, 3.05) is 47.4 Å². The molecule has 0 bridgehead atoms. The first kappa shape index (κ1) is 21.6. The molecule has 0 amide bonds. The Balaban J connectivity index is 1.64. The second kappa shape index (κ2) is 12.6. The fourth-order valence-corrected chi connectivity index (χ4v) is 2.54. The van der Waals surface area contributed by atoms with Crippen molar-refractivity contribution in [3.05, 3.63) is 60.2 Å². The lowest BCUT2D eigenvalue weighted by Crippen LogP contribution is -2.38. The van der Waals surface area contributed by atoms with Crippen molar-refractivity contribution in [1.29, 1.82) is 0 Å². The predicted molar refractivity (Wildman–Crippen MR) is 115 cm³/mol. The van der Waals surface area contributed by atoms with Gasteiger partial charge >= 0.3 is 0 Å². The summed E-state index contributed by atoms with van der Waals surface area (Å²) in [6.45, 7) is 3.71. The molecule has 0 aliphatic carbocycles. The number of para-hydroxylation sites is 1. The molecule has 2 aromatic rings.